The zero-order chi connectivity index (χ0) is 13.0. The molecule has 1 aliphatic heterocycles. The quantitative estimate of drug-likeness (QED) is 0.884. The lowest BCUT2D eigenvalue weighted by Crippen LogP contribution is -2.43. The van der Waals surface area contributed by atoms with Crippen molar-refractivity contribution in [1.82, 2.24) is 10.2 Å². The number of nitrogens with zero attached hydrogens (tertiary/aromatic N) is 1. The molecule has 0 bridgehead atoms. The molecule has 0 radical (unpaired) electrons. The second-order valence-corrected chi connectivity index (χ2v) is 4.49. The number of hydrogen-bond donors (Lipinski definition) is 1. The van der Waals surface area contributed by atoms with Crippen LogP contribution in [0.3, 0.4) is 0 Å². The maximum absolute atomic E-state index is 13.8. The minimum atomic E-state index is -0.400. The Labute approximate surface area is 106 Å². The number of hydrogen-bond acceptors (Lipinski definition) is 3. The van der Waals surface area contributed by atoms with E-state index in [-0.39, 0.29) is 18.0 Å². The summed E-state index contributed by atoms with van der Waals surface area (Å²) in [6, 6.07) is 2.52. The number of halogens is 2. The molecule has 1 aromatic carbocycles. The van der Waals surface area contributed by atoms with Crippen LogP contribution >= 0.6 is 0 Å². The van der Waals surface area contributed by atoms with Gasteiger partial charge in [-0.15, -0.1) is 0 Å². The molecule has 5 heteroatoms. The monoisotopic (exact) mass is 256 g/mol. The summed E-state index contributed by atoms with van der Waals surface area (Å²) in [7, 11) is 1.46. The molecule has 1 saturated heterocycles. The van der Waals surface area contributed by atoms with Gasteiger partial charge in [-0.3, -0.25) is 4.90 Å². The molecule has 0 unspecified atom stereocenters. The Morgan fingerprint density at radius 1 is 1.17 bits per heavy atom. The first-order valence-corrected chi connectivity index (χ1v) is 6.09. The van der Waals surface area contributed by atoms with Crippen LogP contribution in [0.15, 0.2) is 12.1 Å². The Morgan fingerprint density at radius 2 is 1.78 bits per heavy atom. The van der Waals surface area contributed by atoms with E-state index >= 15 is 0 Å². The minimum absolute atomic E-state index is 0.0939. The topological polar surface area (TPSA) is 24.5 Å². The van der Waals surface area contributed by atoms with Gasteiger partial charge in [0.25, 0.3) is 0 Å². The van der Waals surface area contributed by atoms with E-state index in [2.05, 4.69) is 10.2 Å². The van der Waals surface area contributed by atoms with Crippen molar-refractivity contribution in [2.75, 3.05) is 33.3 Å². The summed E-state index contributed by atoms with van der Waals surface area (Å²) < 4.78 is 32.4. The van der Waals surface area contributed by atoms with Crippen molar-refractivity contribution in [3.63, 3.8) is 0 Å². The zero-order valence-electron chi connectivity index (χ0n) is 10.5. The third kappa shape index (κ3) is 3.25. The predicted octanol–water partition coefficient (Wildman–Crippen LogP) is 1.52. The Hall–Kier alpha value is -1.04. The van der Waals surface area contributed by atoms with Gasteiger partial charge in [0.05, 0.1) is 6.61 Å². The third-order valence-corrected chi connectivity index (χ3v) is 3.12. The summed E-state index contributed by atoms with van der Waals surface area (Å²) in [4.78, 5) is 2.12. The number of methoxy groups -OCH3 is 1. The summed E-state index contributed by atoms with van der Waals surface area (Å²) in [6.45, 7) is 4.06. The highest BCUT2D eigenvalue weighted by molar-refractivity contribution is 5.26. The molecule has 1 aliphatic rings. The number of ether oxygens (including phenoxy) is 1. The average Bonchev–Trinajstić information content (AvgIpc) is 2.37. The predicted molar refractivity (Wildman–Crippen MR) is 65.2 cm³/mol. The largest absolute Gasteiger partial charge is 0.380 e. The number of piperazine rings is 1. The molecule has 2 rings (SSSR count). The summed E-state index contributed by atoms with van der Waals surface area (Å²) in [5, 5.41) is 3.23. The Balaban J connectivity index is 2.10. The van der Waals surface area contributed by atoms with E-state index in [4.69, 9.17) is 4.74 Å². The molecular weight excluding hydrogens is 238 g/mol. The Bertz CT molecular complexity index is 406. The van der Waals surface area contributed by atoms with Crippen LogP contribution in [0.4, 0.5) is 8.78 Å². The first-order chi connectivity index (χ1) is 8.70. The van der Waals surface area contributed by atoms with Gasteiger partial charge in [-0.1, -0.05) is 0 Å². The first-order valence-electron chi connectivity index (χ1n) is 6.09. The molecule has 3 nitrogen and oxygen atoms in total. The number of rotatable bonds is 4. The van der Waals surface area contributed by atoms with Gasteiger partial charge in [0, 0.05) is 51.0 Å². The second kappa shape index (κ2) is 6.22. The molecule has 0 aliphatic carbocycles. The van der Waals surface area contributed by atoms with Crippen LogP contribution < -0.4 is 5.32 Å². The fourth-order valence-electron chi connectivity index (χ4n) is 2.13. The summed E-state index contributed by atoms with van der Waals surface area (Å²) >= 11 is 0. The van der Waals surface area contributed by atoms with E-state index in [1.165, 1.54) is 19.2 Å². The lowest BCUT2D eigenvalue weighted by Gasteiger charge is -2.27. The van der Waals surface area contributed by atoms with Gasteiger partial charge in [0.1, 0.15) is 11.6 Å². The maximum atomic E-state index is 13.8. The highest BCUT2D eigenvalue weighted by atomic mass is 19.1. The van der Waals surface area contributed by atoms with Crippen molar-refractivity contribution in [1.29, 1.82) is 0 Å². The molecule has 0 spiro atoms. The summed E-state index contributed by atoms with van der Waals surface area (Å²) in [6.07, 6.45) is 0. The second-order valence-electron chi connectivity index (χ2n) is 4.49. The van der Waals surface area contributed by atoms with Gasteiger partial charge < -0.3 is 10.1 Å². The lowest BCUT2D eigenvalue weighted by molar-refractivity contribution is 0.180. The van der Waals surface area contributed by atoms with Crippen LogP contribution in [-0.4, -0.2) is 38.2 Å². The van der Waals surface area contributed by atoms with E-state index in [1.54, 1.807) is 0 Å². The van der Waals surface area contributed by atoms with Gasteiger partial charge in [-0.2, -0.15) is 0 Å². The van der Waals surface area contributed by atoms with Crippen molar-refractivity contribution in [2.45, 2.75) is 13.2 Å². The molecule has 0 atom stereocenters. The molecule has 0 saturated carbocycles. The van der Waals surface area contributed by atoms with Crippen LogP contribution in [-0.2, 0) is 17.9 Å². The molecule has 1 heterocycles. The molecule has 0 amide bonds. The molecule has 1 N–H and O–H groups in total. The third-order valence-electron chi connectivity index (χ3n) is 3.12. The normalized spacial score (nSPS) is 17.1. The van der Waals surface area contributed by atoms with Crippen molar-refractivity contribution in [3.05, 3.63) is 34.9 Å². The smallest absolute Gasteiger partial charge is 0.129 e. The van der Waals surface area contributed by atoms with Gasteiger partial charge in [0.2, 0.25) is 0 Å². The van der Waals surface area contributed by atoms with Crippen LogP contribution in [0.2, 0.25) is 0 Å². The lowest BCUT2D eigenvalue weighted by atomic mass is 10.1. The van der Waals surface area contributed by atoms with Crippen LogP contribution in [0.5, 0.6) is 0 Å². The van der Waals surface area contributed by atoms with Gasteiger partial charge >= 0.3 is 0 Å². The Kier molecular flexibility index (Phi) is 4.63. The fourth-order valence-corrected chi connectivity index (χ4v) is 2.13. The summed E-state index contributed by atoms with van der Waals surface area (Å²) in [5.74, 6) is -0.759. The number of benzene rings is 1. The van der Waals surface area contributed by atoms with Crippen LogP contribution in [0.25, 0.3) is 0 Å². The molecule has 1 fully saturated rings. The van der Waals surface area contributed by atoms with E-state index in [9.17, 15) is 8.78 Å². The SMILES string of the molecule is COCc1cc(F)c(CN2CCNCC2)cc1F. The van der Waals surface area contributed by atoms with Gasteiger partial charge in [-0.05, 0) is 12.1 Å². The van der Waals surface area contributed by atoms with Gasteiger partial charge in [-0.25, -0.2) is 8.78 Å². The zero-order valence-corrected chi connectivity index (χ0v) is 10.5. The van der Waals surface area contributed by atoms with Crippen molar-refractivity contribution < 1.29 is 13.5 Å². The highest BCUT2D eigenvalue weighted by Gasteiger charge is 2.15. The summed E-state index contributed by atoms with van der Waals surface area (Å²) in [5.41, 5.74) is 0.674. The van der Waals surface area contributed by atoms with Crippen molar-refractivity contribution in [3.8, 4) is 0 Å². The van der Waals surface area contributed by atoms with Gasteiger partial charge in [0.15, 0.2) is 0 Å². The van der Waals surface area contributed by atoms with Crippen LogP contribution in [0.1, 0.15) is 11.1 Å². The standard InChI is InChI=1S/C13H18F2N2O/c1-18-9-11-7-12(14)10(6-13(11)15)8-17-4-2-16-3-5-17/h6-7,16H,2-5,8-9H2,1H3. The van der Waals surface area contributed by atoms with E-state index in [0.29, 0.717) is 12.1 Å². The van der Waals surface area contributed by atoms with Crippen LogP contribution in [0, 0.1) is 11.6 Å². The molecule has 1 aromatic rings. The van der Waals surface area contributed by atoms with E-state index in [0.717, 1.165) is 26.2 Å². The van der Waals surface area contributed by atoms with Crippen molar-refractivity contribution in [2.24, 2.45) is 0 Å². The fraction of sp³-hybridized carbons (Fsp3) is 0.538. The molecule has 18 heavy (non-hydrogen) atoms. The molecule has 0 aromatic heterocycles. The van der Waals surface area contributed by atoms with E-state index in [1.807, 2.05) is 0 Å². The number of nitrogens with one attached hydrogen (secondary N) is 1. The molecule has 100 valence electrons. The maximum Gasteiger partial charge on any atom is 0.129 e. The Morgan fingerprint density at radius 3 is 2.44 bits per heavy atom. The first kappa shape index (κ1) is 13.4. The minimum Gasteiger partial charge on any atom is -0.380 e. The molecular formula is C13H18F2N2O. The van der Waals surface area contributed by atoms with Crippen molar-refractivity contribution >= 4 is 0 Å². The van der Waals surface area contributed by atoms with E-state index < -0.39 is 5.82 Å². The average molecular weight is 256 g/mol. The highest BCUT2D eigenvalue weighted by Crippen LogP contribution is 2.17.